The number of amides is 1. The van der Waals surface area contributed by atoms with E-state index in [4.69, 9.17) is 0 Å². The Morgan fingerprint density at radius 2 is 2.35 bits per heavy atom. The molecule has 1 aromatic rings. The molecule has 0 spiro atoms. The Morgan fingerprint density at radius 1 is 1.55 bits per heavy atom. The number of nitrogens with zero attached hydrogens (tertiary/aromatic N) is 2. The molecule has 0 radical (unpaired) electrons. The molecule has 1 amide bonds. The smallest absolute Gasteiger partial charge is 0.225 e. The highest BCUT2D eigenvalue weighted by Gasteiger charge is 2.30. The quantitative estimate of drug-likeness (QED) is 0.898. The third-order valence-corrected chi connectivity index (χ3v) is 4.10. The van der Waals surface area contributed by atoms with Crippen molar-refractivity contribution in [3.05, 3.63) is 23.9 Å². The lowest BCUT2D eigenvalue weighted by Crippen LogP contribution is -2.42. The van der Waals surface area contributed by atoms with E-state index in [9.17, 15) is 4.79 Å². The number of likely N-dealkylation sites (tertiary alicyclic amines) is 1. The van der Waals surface area contributed by atoms with Crippen LogP contribution in [-0.2, 0) is 4.79 Å². The molecular weight excluding hydrogens is 250 g/mol. The summed E-state index contributed by atoms with van der Waals surface area (Å²) in [5.41, 5.74) is 1.01. The van der Waals surface area contributed by atoms with Gasteiger partial charge in [-0.3, -0.25) is 4.79 Å². The van der Waals surface area contributed by atoms with Gasteiger partial charge in [-0.25, -0.2) is 4.98 Å². The molecule has 2 unspecified atom stereocenters. The summed E-state index contributed by atoms with van der Waals surface area (Å²) in [4.78, 5) is 18.8. The summed E-state index contributed by atoms with van der Waals surface area (Å²) in [5.74, 6) is 1.33. The second-order valence-electron chi connectivity index (χ2n) is 5.68. The predicted molar refractivity (Wildman–Crippen MR) is 81.7 cm³/mol. The fourth-order valence-electron chi connectivity index (χ4n) is 2.66. The molecule has 0 saturated carbocycles. The number of nitrogens with one attached hydrogen (secondary N) is 1. The summed E-state index contributed by atoms with van der Waals surface area (Å²) in [6, 6.07) is 6.27. The zero-order valence-electron chi connectivity index (χ0n) is 12.7. The number of aromatic nitrogens is 1. The van der Waals surface area contributed by atoms with Gasteiger partial charge < -0.3 is 10.2 Å². The molecule has 0 aliphatic carbocycles. The minimum absolute atomic E-state index is 0.132. The molecule has 2 heterocycles. The van der Waals surface area contributed by atoms with Crippen molar-refractivity contribution in [1.29, 1.82) is 0 Å². The number of rotatable bonds is 5. The zero-order valence-corrected chi connectivity index (χ0v) is 12.7. The van der Waals surface area contributed by atoms with Crippen molar-refractivity contribution in [3.8, 4) is 0 Å². The Morgan fingerprint density at radius 3 is 3.05 bits per heavy atom. The van der Waals surface area contributed by atoms with Gasteiger partial charge >= 0.3 is 0 Å². The maximum absolute atomic E-state index is 12.3. The lowest BCUT2D eigenvalue weighted by atomic mass is 10.1. The van der Waals surface area contributed by atoms with Crippen LogP contribution in [0.3, 0.4) is 0 Å². The lowest BCUT2D eigenvalue weighted by molar-refractivity contribution is -0.135. The molecule has 1 fully saturated rings. The average Bonchev–Trinajstić information content (AvgIpc) is 2.92. The second-order valence-corrected chi connectivity index (χ2v) is 5.68. The van der Waals surface area contributed by atoms with Crippen LogP contribution in [-0.4, -0.2) is 34.9 Å². The van der Waals surface area contributed by atoms with Crippen LogP contribution in [0.15, 0.2) is 18.2 Å². The Kier molecular flexibility index (Phi) is 4.99. The van der Waals surface area contributed by atoms with Crippen molar-refractivity contribution in [2.45, 2.75) is 46.1 Å². The maximum Gasteiger partial charge on any atom is 0.225 e. The standard InChI is InChI=1S/C16H25N3O/c1-4-12(2)16(20)19-10-6-8-14(19)11-17-15-9-5-7-13(3)18-15/h5,7,9,12,14H,4,6,8,10-11H2,1-3H3,(H,17,18). The molecule has 0 aromatic carbocycles. The Hall–Kier alpha value is -1.58. The lowest BCUT2D eigenvalue weighted by Gasteiger charge is -2.27. The van der Waals surface area contributed by atoms with Crippen molar-refractivity contribution >= 4 is 11.7 Å². The molecule has 2 rings (SSSR count). The molecule has 20 heavy (non-hydrogen) atoms. The number of hydrogen-bond acceptors (Lipinski definition) is 3. The first-order valence-corrected chi connectivity index (χ1v) is 7.59. The van der Waals surface area contributed by atoms with Gasteiger partial charge in [0, 0.05) is 30.7 Å². The monoisotopic (exact) mass is 275 g/mol. The molecule has 1 aromatic heterocycles. The van der Waals surface area contributed by atoms with Crippen LogP contribution in [0, 0.1) is 12.8 Å². The van der Waals surface area contributed by atoms with Crippen LogP contribution in [0.5, 0.6) is 0 Å². The van der Waals surface area contributed by atoms with Gasteiger partial charge in [0.05, 0.1) is 0 Å². The summed E-state index contributed by atoms with van der Waals surface area (Å²) in [7, 11) is 0. The van der Waals surface area contributed by atoms with Crippen molar-refractivity contribution in [2.24, 2.45) is 5.92 Å². The molecule has 0 bridgehead atoms. The highest BCUT2D eigenvalue weighted by molar-refractivity contribution is 5.79. The second kappa shape index (κ2) is 6.73. The molecule has 4 heteroatoms. The first-order valence-electron chi connectivity index (χ1n) is 7.59. The molecule has 110 valence electrons. The highest BCUT2D eigenvalue weighted by atomic mass is 16.2. The average molecular weight is 275 g/mol. The molecule has 4 nitrogen and oxygen atoms in total. The topological polar surface area (TPSA) is 45.2 Å². The fourth-order valence-corrected chi connectivity index (χ4v) is 2.66. The van der Waals surface area contributed by atoms with E-state index in [1.807, 2.05) is 32.0 Å². The van der Waals surface area contributed by atoms with Crippen molar-refractivity contribution in [1.82, 2.24) is 9.88 Å². The van der Waals surface area contributed by atoms with Crippen LogP contribution in [0.4, 0.5) is 5.82 Å². The molecule has 1 aliphatic rings. The fraction of sp³-hybridized carbons (Fsp3) is 0.625. The normalized spacial score (nSPS) is 19.9. The SMILES string of the molecule is CCC(C)C(=O)N1CCCC1CNc1cccc(C)n1. The Labute approximate surface area is 121 Å². The van der Waals surface area contributed by atoms with Crippen LogP contribution in [0.2, 0.25) is 0 Å². The summed E-state index contributed by atoms with van der Waals surface area (Å²) in [6.07, 6.45) is 3.10. The third-order valence-electron chi connectivity index (χ3n) is 4.10. The van der Waals surface area contributed by atoms with Crippen LogP contribution < -0.4 is 5.32 Å². The Balaban J connectivity index is 1.93. The van der Waals surface area contributed by atoms with Gasteiger partial charge in [-0.15, -0.1) is 0 Å². The number of pyridine rings is 1. The van der Waals surface area contributed by atoms with Gasteiger partial charge in [-0.1, -0.05) is 19.9 Å². The van der Waals surface area contributed by atoms with E-state index in [0.717, 1.165) is 43.9 Å². The van der Waals surface area contributed by atoms with Gasteiger partial charge in [0.25, 0.3) is 0 Å². The highest BCUT2D eigenvalue weighted by Crippen LogP contribution is 2.21. The van der Waals surface area contributed by atoms with Gasteiger partial charge in [-0.05, 0) is 38.3 Å². The van der Waals surface area contributed by atoms with Crippen molar-refractivity contribution < 1.29 is 4.79 Å². The van der Waals surface area contributed by atoms with E-state index in [1.54, 1.807) is 0 Å². The van der Waals surface area contributed by atoms with Crippen LogP contribution in [0.1, 0.15) is 38.8 Å². The molecule has 1 N–H and O–H groups in total. The number of anilines is 1. The summed E-state index contributed by atoms with van der Waals surface area (Å²) in [5, 5.41) is 3.36. The molecule has 2 atom stereocenters. The first-order chi connectivity index (χ1) is 9.61. The van der Waals surface area contributed by atoms with E-state index in [-0.39, 0.29) is 5.92 Å². The number of hydrogen-bond donors (Lipinski definition) is 1. The summed E-state index contributed by atoms with van der Waals surface area (Å²) < 4.78 is 0. The van der Waals surface area contributed by atoms with Gasteiger partial charge in [0.1, 0.15) is 5.82 Å². The largest absolute Gasteiger partial charge is 0.368 e. The van der Waals surface area contributed by atoms with Crippen LogP contribution in [0.25, 0.3) is 0 Å². The molecule has 1 aliphatic heterocycles. The minimum atomic E-state index is 0.132. The van der Waals surface area contributed by atoms with E-state index >= 15 is 0 Å². The van der Waals surface area contributed by atoms with E-state index in [1.165, 1.54) is 0 Å². The van der Waals surface area contributed by atoms with Gasteiger partial charge in [0.2, 0.25) is 5.91 Å². The maximum atomic E-state index is 12.3. The number of aryl methyl sites for hydroxylation is 1. The van der Waals surface area contributed by atoms with Crippen molar-refractivity contribution in [2.75, 3.05) is 18.4 Å². The summed E-state index contributed by atoms with van der Waals surface area (Å²) in [6.45, 7) is 7.77. The van der Waals surface area contributed by atoms with E-state index in [2.05, 4.69) is 22.1 Å². The minimum Gasteiger partial charge on any atom is -0.368 e. The van der Waals surface area contributed by atoms with E-state index in [0.29, 0.717) is 11.9 Å². The van der Waals surface area contributed by atoms with Crippen molar-refractivity contribution in [3.63, 3.8) is 0 Å². The van der Waals surface area contributed by atoms with Gasteiger partial charge in [0.15, 0.2) is 0 Å². The first kappa shape index (κ1) is 14.8. The molecule has 1 saturated heterocycles. The van der Waals surface area contributed by atoms with Crippen LogP contribution >= 0.6 is 0 Å². The van der Waals surface area contributed by atoms with Gasteiger partial charge in [-0.2, -0.15) is 0 Å². The Bertz CT molecular complexity index is 461. The summed E-state index contributed by atoms with van der Waals surface area (Å²) >= 11 is 0. The zero-order chi connectivity index (χ0) is 14.5. The van der Waals surface area contributed by atoms with E-state index < -0.39 is 0 Å². The number of carbonyl (C=O) groups excluding carboxylic acids is 1. The predicted octanol–water partition coefficient (Wildman–Crippen LogP) is 2.84. The molecular formula is C16H25N3O. The third kappa shape index (κ3) is 3.50. The number of carbonyl (C=O) groups is 1.